The Balaban J connectivity index is 1.46. The van der Waals surface area contributed by atoms with Gasteiger partial charge in [-0.05, 0) is 59.2 Å². The van der Waals surface area contributed by atoms with Crippen molar-refractivity contribution in [3.63, 3.8) is 0 Å². The Bertz CT molecular complexity index is 1800. The Hall–Kier alpha value is -5.27. The van der Waals surface area contributed by atoms with E-state index in [0.717, 1.165) is 6.07 Å². The van der Waals surface area contributed by atoms with Gasteiger partial charge in [0.25, 0.3) is 5.91 Å². The molecule has 0 unspecified atom stereocenters. The Morgan fingerprint density at radius 2 is 1.88 bits per heavy atom. The summed E-state index contributed by atoms with van der Waals surface area (Å²) in [5.41, 5.74) is 1.25. The minimum atomic E-state index is -4.62. The number of anilines is 2. The zero-order valence-corrected chi connectivity index (χ0v) is 22.2. The number of alkyl halides is 3. The molecule has 0 radical (unpaired) electrons. The molecule has 2 aliphatic rings. The fraction of sp³-hybridized carbons (Fsp3) is 0.241. The maximum Gasteiger partial charge on any atom is 0.416 e. The molecule has 4 aromatic rings. The first kappa shape index (κ1) is 26.9. The third-order valence-electron chi connectivity index (χ3n) is 7.38. The van der Waals surface area contributed by atoms with Gasteiger partial charge < -0.3 is 9.88 Å². The third-order valence-corrected chi connectivity index (χ3v) is 7.38. The number of benzene rings is 2. The van der Waals surface area contributed by atoms with E-state index in [-0.39, 0.29) is 29.5 Å². The molecule has 0 atom stereocenters. The van der Waals surface area contributed by atoms with Crippen molar-refractivity contribution in [2.45, 2.75) is 18.8 Å². The molecule has 0 saturated carbocycles. The van der Waals surface area contributed by atoms with Crippen molar-refractivity contribution in [1.29, 1.82) is 10.5 Å². The lowest BCUT2D eigenvalue weighted by molar-refractivity contribution is -0.138. The van der Waals surface area contributed by atoms with Gasteiger partial charge in [0.15, 0.2) is 5.82 Å². The highest BCUT2D eigenvalue weighted by Crippen LogP contribution is 2.40. The summed E-state index contributed by atoms with van der Waals surface area (Å²) in [7, 11) is 1.78. The topological polar surface area (TPSA) is 127 Å². The van der Waals surface area contributed by atoms with E-state index in [1.54, 1.807) is 48.3 Å². The molecule has 2 aromatic heterocycles. The van der Waals surface area contributed by atoms with Gasteiger partial charge in [-0.25, -0.2) is 4.98 Å². The molecule has 13 heteroatoms. The molecule has 210 valence electrons. The highest BCUT2D eigenvalue weighted by molar-refractivity contribution is 6.10. The number of fused-ring (bicyclic) bond motifs is 1. The van der Waals surface area contributed by atoms with Crippen LogP contribution in [0.25, 0.3) is 22.5 Å². The van der Waals surface area contributed by atoms with Crippen molar-refractivity contribution in [3.8, 4) is 34.7 Å². The average Bonchev–Trinajstić information content (AvgIpc) is 3.53. The smallest absolute Gasteiger partial charge is 0.365 e. The van der Waals surface area contributed by atoms with Crippen molar-refractivity contribution in [2.75, 3.05) is 29.9 Å². The van der Waals surface area contributed by atoms with Crippen LogP contribution in [-0.2, 0) is 19.8 Å². The first-order valence-electron chi connectivity index (χ1n) is 12.9. The van der Waals surface area contributed by atoms with E-state index >= 15 is 0 Å². The van der Waals surface area contributed by atoms with Crippen LogP contribution in [0.5, 0.6) is 0 Å². The number of hydrogen-bond acceptors (Lipinski definition) is 8. The van der Waals surface area contributed by atoms with Gasteiger partial charge in [0.05, 0.1) is 42.4 Å². The van der Waals surface area contributed by atoms with Gasteiger partial charge in [-0.2, -0.15) is 23.7 Å². The number of likely N-dealkylation sites (tertiary alicyclic amines) is 1. The number of carbonyl (C=O) groups excluding carboxylic acids is 1. The Morgan fingerprint density at radius 1 is 1.07 bits per heavy atom. The van der Waals surface area contributed by atoms with Gasteiger partial charge in [0.1, 0.15) is 18.0 Å². The summed E-state index contributed by atoms with van der Waals surface area (Å²) in [5, 5.41) is 30.1. The van der Waals surface area contributed by atoms with Gasteiger partial charge in [-0.3, -0.25) is 14.6 Å². The number of rotatable bonds is 6. The Morgan fingerprint density at radius 3 is 2.57 bits per heavy atom. The number of hydrogen-bond donors (Lipinski definition) is 1. The predicted molar refractivity (Wildman–Crippen MR) is 146 cm³/mol. The van der Waals surface area contributed by atoms with Crippen molar-refractivity contribution in [3.05, 3.63) is 77.1 Å². The molecule has 0 aliphatic carbocycles. The normalized spacial score (nSPS) is 15.2. The summed E-state index contributed by atoms with van der Waals surface area (Å²) in [6.07, 6.45) is -3.07. The molecule has 1 fully saturated rings. The molecule has 1 amide bonds. The monoisotopic (exact) mass is 569 g/mol. The molecule has 10 nitrogen and oxygen atoms in total. The molecular weight excluding hydrogens is 547 g/mol. The molecule has 2 aromatic carbocycles. The number of carbonyl (C=O) groups is 1. The fourth-order valence-corrected chi connectivity index (χ4v) is 5.34. The van der Waals surface area contributed by atoms with Crippen molar-refractivity contribution in [2.24, 2.45) is 7.05 Å². The molecule has 42 heavy (non-hydrogen) atoms. The number of nitrogens with zero attached hydrogens (tertiary/aromatic N) is 8. The average molecular weight is 570 g/mol. The number of nitriles is 2. The fourth-order valence-electron chi connectivity index (χ4n) is 5.34. The first-order valence-corrected chi connectivity index (χ1v) is 12.9. The number of halogens is 3. The van der Waals surface area contributed by atoms with E-state index in [2.05, 4.69) is 32.6 Å². The van der Waals surface area contributed by atoms with Gasteiger partial charge in [-0.15, -0.1) is 10.2 Å². The van der Waals surface area contributed by atoms with E-state index in [1.807, 2.05) is 4.90 Å². The Labute approximate surface area is 238 Å². The minimum absolute atomic E-state index is 0.0241. The highest BCUT2D eigenvalue weighted by atomic mass is 19.4. The van der Waals surface area contributed by atoms with E-state index in [4.69, 9.17) is 5.26 Å². The van der Waals surface area contributed by atoms with Gasteiger partial charge in [-0.1, -0.05) is 6.07 Å². The van der Waals surface area contributed by atoms with E-state index in [9.17, 15) is 23.2 Å². The zero-order chi connectivity index (χ0) is 29.6. The Kier molecular flexibility index (Phi) is 6.59. The SMILES string of the molecule is Cn1cnnc1-c1ccc(C#N)cc1-c1cc(NC2CN(CC#N)C2)nc(N2Cc3c(cccc3C(F)(F)F)C2=O)c1. The number of amides is 1. The maximum atomic E-state index is 13.8. The molecule has 4 heterocycles. The predicted octanol–water partition coefficient (Wildman–Crippen LogP) is 4.21. The lowest BCUT2D eigenvalue weighted by Crippen LogP contribution is -2.54. The lowest BCUT2D eigenvalue weighted by atomic mass is 9.97. The molecule has 6 rings (SSSR count). The number of nitrogens with one attached hydrogen (secondary N) is 1. The lowest BCUT2D eigenvalue weighted by Gasteiger charge is -2.38. The number of aryl methyl sites for hydroxylation is 1. The van der Waals surface area contributed by atoms with Gasteiger partial charge in [0, 0.05) is 31.3 Å². The molecule has 0 bridgehead atoms. The van der Waals surface area contributed by atoms with Crippen LogP contribution >= 0.6 is 0 Å². The summed E-state index contributed by atoms with van der Waals surface area (Å²) >= 11 is 0. The van der Waals surface area contributed by atoms with Crippen molar-refractivity contribution >= 4 is 17.5 Å². The summed E-state index contributed by atoms with van der Waals surface area (Å²) in [6.45, 7) is 1.20. The second-order valence-electron chi connectivity index (χ2n) is 10.2. The molecule has 2 aliphatic heterocycles. The van der Waals surface area contributed by atoms with E-state index < -0.39 is 17.6 Å². The molecular formula is C29H22F3N9O. The maximum absolute atomic E-state index is 13.8. The largest absolute Gasteiger partial charge is 0.416 e. The van der Waals surface area contributed by atoms with Crippen LogP contribution in [-0.4, -0.2) is 56.2 Å². The van der Waals surface area contributed by atoms with Crippen LogP contribution in [0.1, 0.15) is 27.0 Å². The van der Waals surface area contributed by atoms with Crippen LogP contribution in [0, 0.1) is 22.7 Å². The second kappa shape index (κ2) is 10.3. The van der Waals surface area contributed by atoms with Crippen LogP contribution in [0.2, 0.25) is 0 Å². The third kappa shape index (κ3) is 4.80. The standard InChI is InChI=1S/C29H22F3N9O/c1-39-16-35-38-27(39)20-6-5-17(12-34)9-22(20)18-10-25(36-19-13-40(14-19)8-7-33)37-26(11-18)41-15-23-21(28(41)42)3-2-4-24(23)29(30,31)32/h2-6,9-11,16,19H,8,13-15H2,1H3,(H,36,37). The summed E-state index contributed by atoms with van der Waals surface area (Å²) in [5.74, 6) is 0.502. The second-order valence-corrected chi connectivity index (χ2v) is 10.2. The van der Waals surface area contributed by atoms with Crippen LogP contribution in [0.15, 0.2) is 54.9 Å². The summed E-state index contributed by atoms with van der Waals surface area (Å²) in [4.78, 5) is 21.3. The van der Waals surface area contributed by atoms with E-state index in [1.165, 1.54) is 17.0 Å². The van der Waals surface area contributed by atoms with E-state index in [0.29, 0.717) is 53.5 Å². The van der Waals surface area contributed by atoms with Gasteiger partial charge >= 0.3 is 6.18 Å². The summed E-state index contributed by atoms with van der Waals surface area (Å²) < 4.78 is 43.1. The zero-order valence-electron chi connectivity index (χ0n) is 22.2. The first-order chi connectivity index (χ1) is 20.2. The van der Waals surface area contributed by atoms with Crippen LogP contribution < -0.4 is 10.2 Å². The highest BCUT2D eigenvalue weighted by Gasteiger charge is 2.40. The van der Waals surface area contributed by atoms with Crippen LogP contribution in [0.4, 0.5) is 24.8 Å². The number of pyridine rings is 1. The number of aromatic nitrogens is 4. The molecule has 0 spiro atoms. The minimum Gasteiger partial charge on any atom is -0.365 e. The van der Waals surface area contributed by atoms with Gasteiger partial charge in [0.2, 0.25) is 0 Å². The molecule has 1 N–H and O–H groups in total. The van der Waals surface area contributed by atoms with Crippen molar-refractivity contribution < 1.29 is 18.0 Å². The quantitative estimate of drug-likeness (QED) is 0.342. The summed E-state index contributed by atoms with van der Waals surface area (Å²) in [6, 6.07) is 16.3. The molecule has 1 saturated heterocycles. The van der Waals surface area contributed by atoms with Crippen molar-refractivity contribution in [1.82, 2.24) is 24.6 Å². The van der Waals surface area contributed by atoms with Crippen LogP contribution in [0.3, 0.4) is 0 Å².